The van der Waals surface area contributed by atoms with Crippen molar-refractivity contribution in [2.75, 3.05) is 32.5 Å². The van der Waals surface area contributed by atoms with E-state index in [9.17, 15) is 0 Å². The zero-order valence-electron chi connectivity index (χ0n) is 12.1. The van der Waals surface area contributed by atoms with Crippen molar-refractivity contribution in [1.82, 2.24) is 14.9 Å². The zero-order valence-corrected chi connectivity index (χ0v) is 12.1. The molecular formula is C14H26N4. The number of hydrogen-bond donors (Lipinski definition) is 1. The molecule has 0 unspecified atom stereocenters. The van der Waals surface area contributed by atoms with Gasteiger partial charge in [0.25, 0.3) is 0 Å². The lowest BCUT2D eigenvalue weighted by Gasteiger charge is -2.10. The summed E-state index contributed by atoms with van der Waals surface area (Å²) in [5.74, 6) is 1.40. The molecule has 4 nitrogen and oxygen atoms in total. The van der Waals surface area contributed by atoms with Gasteiger partial charge in [-0.15, -0.1) is 0 Å². The van der Waals surface area contributed by atoms with Crippen molar-refractivity contribution in [2.45, 2.75) is 39.0 Å². The lowest BCUT2D eigenvalue weighted by molar-refractivity contribution is 0.393. The molecule has 0 aliphatic rings. The average Bonchev–Trinajstić information content (AvgIpc) is 2.33. The summed E-state index contributed by atoms with van der Waals surface area (Å²) in [6, 6.07) is 2.05. The second-order valence-electron chi connectivity index (χ2n) is 5.27. The predicted octanol–water partition coefficient (Wildman–Crippen LogP) is 2.74. The van der Waals surface area contributed by atoms with E-state index in [1.54, 1.807) is 6.33 Å². The highest BCUT2D eigenvalue weighted by Crippen LogP contribution is 2.13. The normalized spacial score (nSPS) is 11.2. The van der Waals surface area contributed by atoms with Crippen LogP contribution in [-0.2, 0) is 0 Å². The first-order valence-electron chi connectivity index (χ1n) is 6.80. The van der Waals surface area contributed by atoms with E-state index in [0.717, 1.165) is 18.1 Å². The molecule has 0 amide bonds. The van der Waals surface area contributed by atoms with Crippen LogP contribution < -0.4 is 5.32 Å². The van der Waals surface area contributed by atoms with E-state index in [0.29, 0.717) is 5.92 Å². The molecule has 0 spiro atoms. The minimum Gasteiger partial charge on any atom is -0.370 e. The van der Waals surface area contributed by atoms with E-state index in [1.165, 1.54) is 25.8 Å². The van der Waals surface area contributed by atoms with Gasteiger partial charge in [-0.05, 0) is 39.4 Å². The quantitative estimate of drug-likeness (QED) is 0.720. The van der Waals surface area contributed by atoms with Crippen LogP contribution in [0.4, 0.5) is 5.82 Å². The number of nitrogens with one attached hydrogen (secondary N) is 1. The standard InChI is InChI=1S/C14H26N4/c1-12(2)13-10-14(17-11-16-13)15-8-6-5-7-9-18(3)4/h10-12H,5-9H2,1-4H3,(H,15,16,17). The van der Waals surface area contributed by atoms with Gasteiger partial charge in [-0.1, -0.05) is 20.3 Å². The van der Waals surface area contributed by atoms with Crippen LogP contribution in [0, 0.1) is 0 Å². The van der Waals surface area contributed by atoms with Gasteiger partial charge in [0.1, 0.15) is 12.1 Å². The summed E-state index contributed by atoms with van der Waals surface area (Å²) < 4.78 is 0. The van der Waals surface area contributed by atoms with Gasteiger partial charge in [0.15, 0.2) is 0 Å². The third-order valence-electron chi connectivity index (χ3n) is 2.87. The van der Waals surface area contributed by atoms with Crippen LogP contribution in [0.1, 0.15) is 44.7 Å². The Bertz CT molecular complexity index is 336. The van der Waals surface area contributed by atoms with Gasteiger partial charge in [-0.3, -0.25) is 0 Å². The first-order chi connectivity index (χ1) is 8.59. The third-order valence-corrected chi connectivity index (χ3v) is 2.87. The van der Waals surface area contributed by atoms with Crippen molar-refractivity contribution in [2.24, 2.45) is 0 Å². The van der Waals surface area contributed by atoms with E-state index in [4.69, 9.17) is 0 Å². The molecule has 0 aliphatic carbocycles. The number of anilines is 1. The molecule has 0 saturated heterocycles. The van der Waals surface area contributed by atoms with E-state index in [1.807, 2.05) is 6.07 Å². The van der Waals surface area contributed by atoms with Crippen molar-refractivity contribution in [3.63, 3.8) is 0 Å². The number of unbranched alkanes of at least 4 members (excludes halogenated alkanes) is 2. The van der Waals surface area contributed by atoms with Crippen molar-refractivity contribution >= 4 is 5.82 Å². The predicted molar refractivity (Wildman–Crippen MR) is 77.0 cm³/mol. The molecule has 0 aliphatic heterocycles. The van der Waals surface area contributed by atoms with Crippen LogP contribution in [0.2, 0.25) is 0 Å². The number of rotatable bonds is 8. The molecule has 1 rings (SSSR count). The lowest BCUT2D eigenvalue weighted by Crippen LogP contribution is -2.13. The summed E-state index contributed by atoms with van der Waals surface area (Å²) in [7, 11) is 4.24. The summed E-state index contributed by atoms with van der Waals surface area (Å²) in [5.41, 5.74) is 1.10. The second-order valence-corrected chi connectivity index (χ2v) is 5.27. The summed E-state index contributed by atoms with van der Waals surface area (Å²) in [6.07, 6.45) is 5.35. The minimum absolute atomic E-state index is 0.452. The largest absolute Gasteiger partial charge is 0.370 e. The second kappa shape index (κ2) is 8.03. The van der Waals surface area contributed by atoms with Crippen molar-refractivity contribution in [1.29, 1.82) is 0 Å². The van der Waals surface area contributed by atoms with E-state index >= 15 is 0 Å². The molecule has 0 radical (unpaired) electrons. The first kappa shape index (κ1) is 14.9. The third kappa shape index (κ3) is 5.96. The van der Waals surface area contributed by atoms with Gasteiger partial charge in [0.2, 0.25) is 0 Å². The highest BCUT2D eigenvalue weighted by Gasteiger charge is 2.02. The molecule has 0 fully saturated rings. The zero-order chi connectivity index (χ0) is 13.4. The van der Waals surface area contributed by atoms with Gasteiger partial charge >= 0.3 is 0 Å². The fourth-order valence-corrected chi connectivity index (χ4v) is 1.73. The van der Waals surface area contributed by atoms with Gasteiger partial charge in [-0.2, -0.15) is 0 Å². The molecule has 102 valence electrons. The van der Waals surface area contributed by atoms with Crippen molar-refractivity contribution < 1.29 is 0 Å². The summed E-state index contributed by atoms with van der Waals surface area (Å²) in [6.45, 7) is 6.45. The van der Waals surface area contributed by atoms with Crippen molar-refractivity contribution in [3.05, 3.63) is 18.1 Å². The van der Waals surface area contributed by atoms with Crippen LogP contribution in [0.3, 0.4) is 0 Å². The first-order valence-corrected chi connectivity index (χ1v) is 6.80. The SMILES string of the molecule is CC(C)c1cc(NCCCCCN(C)C)ncn1. The maximum Gasteiger partial charge on any atom is 0.129 e. The molecule has 0 saturated carbocycles. The Morgan fingerprint density at radius 1 is 1.17 bits per heavy atom. The number of nitrogens with zero attached hydrogens (tertiary/aromatic N) is 3. The molecule has 1 heterocycles. The summed E-state index contributed by atoms with van der Waals surface area (Å²) >= 11 is 0. The molecule has 1 N–H and O–H groups in total. The molecule has 0 atom stereocenters. The molecule has 0 bridgehead atoms. The van der Waals surface area contributed by atoms with Crippen LogP contribution in [0.5, 0.6) is 0 Å². The van der Waals surface area contributed by atoms with Crippen LogP contribution >= 0.6 is 0 Å². The smallest absolute Gasteiger partial charge is 0.129 e. The maximum atomic E-state index is 4.26. The monoisotopic (exact) mass is 250 g/mol. The summed E-state index contributed by atoms with van der Waals surface area (Å²) in [4.78, 5) is 10.7. The molecule has 4 heteroatoms. The van der Waals surface area contributed by atoms with E-state index < -0.39 is 0 Å². The number of aromatic nitrogens is 2. The minimum atomic E-state index is 0.452. The summed E-state index contributed by atoms with van der Waals surface area (Å²) in [5, 5.41) is 3.36. The Labute approximate surface area is 111 Å². The van der Waals surface area contributed by atoms with Crippen LogP contribution in [0.25, 0.3) is 0 Å². The van der Waals surface area contributed by atoms with Crippen LogP contribution in [-0.4, -0.2) is 42.1 Å². The highest BCUT2D eigenvalue weighted by molar-refractivity contribution is 5.35. The molecule has 1 aromatic heterocycles. The van der Waals surface area contributed by atoms with Gasteiger partial charge < -0.3 is 10.2 Å². The lowest BCUT2D eigenvalue weighted by atomic mass is 10.1. The van der Waals surface area contributed by atoms with Gasteiger partial charge in [-0.25, -0.2) is 9.97 Å². The Kier molecular flexibility index (Phi) is 6.65. The topological polar surface area (TPSA) is 41.0 Å². The Morgan fingerprint density at radius 3 is 2.61 bits per heavy atom. The molecule has 18 heavy (non-hydrogen) atoms. The van der Waals surface area contributed by atoms with Gasteiger partial charge in [0.05, 0.1) is 0 Å². The Morgan fingerprint density at radius 2 is 1.94 bits per heavy atom. The Balaban J connectivity index is 2.21. The molecule has 1 aromatic rings. The maximum absolute atomic E-state index is 4.26. The Hall–Kier alpha value is -1.16. The van der Waals surface area contributed by atoms with Crippen LogP contribution in [0.15, 0.2) is 12.4 Å². The van der Waals surface area contributed by atoms with E-state index in [-0.39, 0.29) is 0 Å². The van der Waals surface area contributed by atoms with Crippen molar-refractivity contribution in [3.8, 4) is 0 Å². The van der Waals surface area contributed by atoms with E-state index in [2.05, 4.69) is 48.1 Å². The highest BCUT2D eigenvalue weighted by atomic mass is 15.0. The fourth-order valence-electron chi connectivity index (χ4n) is 1.73. The molecular weight excluding hydrogens is 224 g/mol. The fraction of sp³-hybridized carbons (Fsp3) is 0.714. The van der Waals surface area contributed by atoms with Gasteiger partial charge in [0, 0.05) is 18.3 Å². The molecule has 0 aromatic carbocycles. The average molecular weight is 250 g/mol. The number of hydrogen-bond acceptors (Lipinski definition) is 4.